The van der Waals surface area contributed by atoms with Gasteiger partial charge in [-0.15, -0.1) is 0 Å². The smallest absolute Gasteiger partial charge is 0.128 e. The van der Waals surface area contributed by atoms with Gasteiger partial charge in [-0.1, -0.05) is 13.5 Å². The topological polar surface area (TPSA) is 30.5 Å². The number of rotatable bonds is 5. The molecule has 0 saturated carbocycles. The van der Waals surface area contributed by atoms with E-state index in [9.17, 15) is 0 Å². The van der Waals surface area contributed by atoms with E-state index in [2.05, 4.69) is 24.9 Å². The van der Waals surface area contributed by atoms with E-state index in [-0.39, 0.29) is 0 Å². The molecule has 0 aromatic heterocycles. The molecule has 0 amide bonds. The fourth-order valence-corrected chi connectivity index (χ4v) is 1.90. The lowest BCUT2D eigenvalue weighted by Gasteiger charge is -2.10. The minimum atomic E-state index is 0.310. The third-order valence-corrected chi connectivity index (χ3v) is 2.70. The molecule has 0 saturated heterocycles. The van der Waals surface area contributed by atoms with Crippen LogP contribution in [0.2, 0.25) is 0 Å². The van der Waals surface area contributed by atoms with Crippen molar-refractivity contribution in [3.63, 3.8) is 0 Å². The molecule has 0 fully saturated rings. The fourth-order valence-electron chi connectivity index (χ4n) is 1.90. The molecule has 0 aliphatic carbocycles. The van der Waals surface area contributed by atoms with Crippen molar-refractivity contribution in [2.24, 2.45) is 0 Å². The lowest BCUT2D eigenvalue weighted by atomic mass is 10.1. The zero-order valence-electron chi connectivity index (χ0n) is 10.5. The molecule has 3 nitrogen and oxygen atoms in total. The summed E-state index contributed by atoms with van der Waals surface area (Å²) in [5.74, 6) is 1.76. The summed E-state index contributed by atoms with van der Waals surface area (Å²) in [6.45, 7) is 10.1. The van der Waals surface area contributed by atoms with Crippen LogP contribution >= 0.6 is 0 Å². The van der Waals surface area contributed by atoms with E-state index < -0.39 is 0 Å². The maximum absolute atomic E-state index is 5.65. The van der Waals surface area contributed by atoms with Gasteiger partial charge in [0.25, 0.3) is 0 Å². The summed E-state index contributed by atoms with van der Waals surface area (Å²) in [7, 11) is 0. The Morgan fingerprint density at radius 3 is 3.12 bits per heavy atom. The number of fused-ring (bicyclic) bond motifs is 1. The van der Waals surface area contributed by atoms with Gasteiger partial charge in [0.05, 0.1) is 6.04 Å². The summed E-state index contributed by atoms with van der Waals surface area (Å²) in [6, 6.07) is 6.32. The van der Waals surface area contributed by atoms with E-state index >= 15 is 0 Å². The molecule has 3 heteroatoms. The third kappa shape index (κ3) is 2.80. The molecule has 1 atom stereocenters. The van der Waals surface area contributed by atoms with Crippen molar-refractivity contribution in [3.05, 3.63) is 35.9 Å². The first-order valence-electron chi connectivity index (χ1n) is 5.98. The van der Waals surface area contributed by atoms with Crippen molar-refractivity contribution >= 4 is 0 Å². The highest BCUT2D eigenvalue weighted by molar-refractivity contribution is 5.45. The Hall–Kier alpha value is -1.48. The van der Waals surface area contributed by atoms with E-state index in [1.165, 1.54) is 5.56 Å². The Bertz CT molecular complexity index is 415. The maximum atomic E-state index is 5.65. The predicted octanol–water partition coefficient (Wildman–Crippen LogP) is 2.68. The molecular weight excluding hydrogens is 214 g/mol. The monoisotopic (exact) mass is 233 g/mol. The average molecular weight is 233 g/mol. The summed E-state index contributed by atoms with van der Waals surface area (Å²) in [4.78, 5) is 0. The molecule has 1 N–H and O–H groups in total. The molecular formula is C14H19NO2. The normalized spacial score (nSPS) is 17.4. The van der Waals surface area contributed by atoms with E-state index in [0.29, 0.717) is 19.3 Å². The number of hydrogen-bond acceptors (Lipinski definition) is 3. The number of hydrogen-bond donors (Lipinski definition) is 1. The van der Waals surface area contributed by atoms with Gasteiger partial charge >= 0.3 is 0 Å². The Balaban J connectivity index is 2.08. The molecule has 1 heterocycles. The second-order valence-corrected chi connectivity index (χ2v) is 4.37. The van der Waals surface area contributed by atoms with Crippen LogP contribution < -0.4 is 14.8 Å². The standard InChI is InChI=1S/C14H19NO2/c1-4-15-13-9-17-14-7-11(5-6-12(13)14)16-8-10(2)3/h5-7,13,15H,2,4,8-9H2,1,3H3. The van der Waals surface area contributed by atoms with Gasteiger partial charge in [0.15, 0.2) is 0 Å². The first-order chi connectivity index (χ1) is 8.20. The van der Waals surface area contributed by atoms with Gasteiger partial charge in [0, 0.05) is 11.6 Å². The van der Waals surface area contributed by atoms with Gasteiger partial charge in [-0.2, -0.15) is 0 Å². The highest BCUT2D eigenvalue weighted by Gasteiger charge is 2.23. The van der Waals surface area contributed by atoms with Gasteiger partial charge in [-0.05, 0) is 31.2 Å². The minimum Gasteiger partial charge on any atom is -0.491 e. The number of likely N-dealkylation sites (N-methyl/N-ethyl adjacent to an activating group) is 1. The van der Waals surface area contributed by atoms with Crippen LogP contribution in [0.15, 0.2) is 30.4 Å². The molecule has 92 valence electrons. The van der Waals surface area contributed by atoms with Crippen molar-refractivity contribution < 1.29 is 9.47 Å². The molecule has 1 aliphatic rings. The molecule has 0 radical (unpaired) electrons. The summed E-state index contributed by atoms with van der Waals surface area (Å²) < 4.78 is 11.2. The molecule has 2 rings (SSSR count). The molecule has 1 aliphatic heterocycles. The number of nitrogens with one attached hydrogen (secondary N) is 1. The molecule has 0 spiro atoms. The largest absolute Gasteiger partial charge is 0.491 e. The van der Waals surface area contributed by atoms with E-state index in [4.69, 9.17) is 9.47 Å². The van der Waals surface area contributed by atoms with Crippen LogP contribution in [0.25, 0.3) is 0 Å². The summed E-state index contributed by atoms with van der Waals surface area (Å²) >= 11 is 0. The molecule has 1 aromatic rings. The highest BCUT2D eigenvalue weighted by Crippen LogP contribution is 2.35. The first kappa shape index (κ1) is 12.0. The first-order valence-corrected chi connectivity index (χ1v) is 5.98. The van der Waals surface area contributed by atoms with E-state index in [1.54, 1.807) is 0 Å². The van der Waals surface area contributed by atoms with Crippen molar-refractivity contribution in [1.82, 2.24) is 5.32 Å². The summed E-state index contributed by atoms with van der Waals surface area (Å²) in [6.07, 6.45) is 0. The van der Waals surface area contributed by atoms with Crippen LogP contribution in [-0.4, -0.2) is 19.8 Å². The third-order valence-electron chi connectivity index (χ3n) is 2.70. The second-order valence-electron chi connectivity index (χ2n) is 4.37. The van der Waals surface area contributed by atoms with Crippen LogP contribution in [0.5, 0.6) is 11.5 Å². The average Bonchev–Trinajstić information content (AvgIpc) is 2.70. The summed E-state index contributed by atoms with van der Waals surface area (Å²) in [5.41, 5.74) is 2.23. The van der Waals surface area contributed by atoms with E-state index in [0.717, 1.165) is 23.6 Å². The van der Waals surface area contributed by atoms with Crippen molar-refractivity contribution in [3.8, 4) is 11.5 Å². The quantitative estimate of drug-likeness (QED) is 0.793. The molecule has 17 heavy (non-hydrogen) atoms. The number of ether oxygens (including phenoxy) is 2. The Morgan fingerprint density at radius 2 is 2.41 bits per heavy atom. The Labute approximate surface area is 102 Å². The van der Waals surface area contributed by atoms with Gasteiger partial charge in [0.1, 0.15) is 24.7 Å². The van der Waals surface area contributed by atoms with Crippen molar-refractivity contribution in [2.75, 3.05) is 19.8 Å². The zero-order valence-corrected chi connectivity index (χ0v) is 10.5. The zero-order chi connectivity index (χ0) is 12.3. The molecule has 0 bridgehead atoms. The fraction of sp³-hybridized carbons (Fsp3) is 0.429. The second kappa shape index (κ2) is 5.23. The van der Waals surface area contributed by atoms with Gasteiger partial charge < -0.3 is 14.8 Å². The van der Waals surface area contributed by atoms with Crippen molar-refractivity contribution in [2.45, 2.75) is 19.9 Å². The van der Waals surface area contributed by atoms with Crippen LogP contribution in [-0.2, 0) is 0 Å². The van der Waals surface area contributed by atoms with Gasteiger partial charge in [0.2, 0.25) is 0 Å². The van der Waals surface area contributed by atoms with Gasteiger partial charge in [-0.25, -0.2) is 0 Å². The highest BCUT2D eigenvalue weighted by atomic mass is 16.5. The molecule has 1 unspecified atom stereocenters. The lowest BCUT2D eigenvalue weighted by Crippen LogP contribution is -2.21. The minimum absolute atomic E-state index is 0.310. The Kier molecular flexibility index (Phi) is 3.69. The predicted molar refractivity (Wildman–Crippen MR) is 68.7 cm³/mol. The lowest BCUT2D eigenvalue weighted by molar-refractivity contribution is 0.310. The van der Waals surface area contributed by atoms with Crippen molar-refractivity contribution in [1.29, 1.82) is 0 Å². The van der Waals surface area contributed by atoms with E-state index in [1.807, 2.05) is 19.1 Å². The van der Waals surface area contributed by atoms with Crippen LogP contribution in [0.3, 0.4) is 0 Å². The van der Waals surface area contributed by atoms with Crippen LogP contribution in [0, 0.1) is 0 Å². The van der Waals surface area contributed by atoms with Gasteiger partial charge in [-0.3, -0.25) is 0 Å². The van der Waals surface area contributed by atoms with Crippen LogP contribution in [0.1, 0.15) is 25.5 Å². The summed E-state index contributed by atoms with van der Waals surface area (Å²) in [5, 5.41) is 3.39. The maximum Gasteiger partial charge on any atom is 0.128 e. The Morgan fingerprint density at radius 1 is 1.59 bits per heavy atom. The van der Waals surface area contributed by atoms with Crippen LogP contribution in [0.4, 0.5) is 0 Å². The molecule has 1 aromatic carbocycles. The SMILES string of the molecule is C=C(C)COc1ccc2c(c1)OCC2NCC. The number of benzene rings is 1.